The zero-order valence-electron chi connectivity index (χ0n) is 13.7. The summed E-state index contributed by atoms with van der Waals surface area (Å²) >= 11 is 0.563. The molecule has 2 aromatic rings. The molecular formula is C16H18F3N3O2S2. The first-order chi connectivity index (χ1) is 12.2. The maximum Gasteiger partial charge on any atom is 0.427 e. The molecule has 26 heavy (non-hydrogen) atoms. The third-order valence-electron chi connectivity index (χ3n) is 4.15. The molecule has 1 aromatic carbocycles. The fourth-order valence-corrected chi connectivity index (χ4v) is 5.12. The second-order valence-corrected chi connectivity index (χ2v) is 9.09. The molecular weight excluding hydrogens is 387 g/mol. The lowest BCUT2D eigenvalue weighted by atomic mass is 10.1. The lowest BCUT2D eigenvalue weighted by Crippen LogP contribution is -2.42. The van der Waals surface area contributed by atoms with Gasteiger partial charge in [0.2, 0.25) is 10.0 Å². The van der Waals surface area contributed by atoms with E-state index in [-0.39, 0.29) is 16.9 Å². The maximum absolute atomic E-state index is 12.6. The molecule has 1 aromatic heterocycles. The number of sulfonamides is 1. The minimum Gasteiger partial charge on any atom is -0.359 e. The molecule has 0 aliphatic carbocycles. The second-order valence-electron chi connectivity index (χ2n) is 6.09. The predicted octanol–water partition coefficient (Wildman–Crippen LogP) is 3.57. The SMILES string of the molecule is O=S(=O)(Cc1ccccc1)N1CCC(Nc2ncc(C(F)(F)F)s2)CC1. The Balaban J connectivity index is 1.55. The van der Waals surface area contributed by atoms with Crippen LogP contribution in [-0.4, -0.2) is 36.8 Å². The first-order valence-electron chi connectivity index (χ1n) is 8.05. The van der Waals surface area contributed by atoms with E-state index in [1.807, 2.05) is 6.07 Å². The van der Waals surface area contributed by atoms with Crippen LogP contribution in [0.2, 0.25) is 0 Å². The van der Waals surface area contributed by atoms with Crippen LogP contribution in [0.15, 0.2) is 36.5 Å². The maximum atomic E-state index is 12.6. The summed E-state index contributed by atoms with van der Waals surface area (Å²) < 4.78 is 64.3. The summed E-state index contributed by atoms with van der Waals surface area (Å²) in [4.78, 5) is 3.01. The Morgan fingerprint density at radius 2 is 1.85 bits per heavy atom. The smallest absolute Gasteiger partial charge is 0.359 e. The summed E-state index contributed by atoms with van der Waals surface area (Å²) in [6.07, 6.45) is -2.54. The molecule has 2 heterocycles. The van der Waals surface area contributed by atoms with Crippen LogP contribution >= 0.6 is 11.3 Å². The van der Waals surface area contributed by atoms with Gasteiger partial charge in [-0.25, -0.2) is 17.7 Å². The Morgan fingerprint density at radius 3 is 2.42 bits per heavy atom. The van der Waals surface area contributed by atoms with Crippen molar-refractivity contribution in [2.75, 3.05) is 18.4 Å². The van der Waals surface area contributed by atoms with E-state index in [0.29, 0.717) is 37.3 Å². The van der Waals surface area contributed by atoms with Crippen LogP contribution in [0.25, 0.3) is 0 Å². The van der Waals surface area contributed by atoms with Crippen molar-refractivity contribution in [1.82, 2.24) is 9.29 Å². The molecule has 0 saturated carbocycles. The van der Waals surface area contributed by atoms with Gasteiger partial charge in [-0.2, -0.15) is 13.2 Å². The summed E-state index contributed by atoms with van der Waals surface area (Å²) in [5, 5.41) is 3.19. The zero-order chi connectivity index (χ0) is 18.8. The number of thiazole rings is 1. The molecule has 5 nitrogen and oxygen atoms in total. The van der Waals surface area contributed by atoms with Crippen LogP contribution in [0.3, 0.4) is 0 Å². The zero-order valence-corrected chi connectivity index (χ0v) is 15.4. The largest absolute Gasteiger partial charge is 0.427 e. The van der Waals surface area contributed by atoms with E-state index in [1.165, 1.54) is 4.31 Å². The molecule has 10 heteroatoms. The van der Waals surface area contributed by atoms with Crippen LogP contribution in [0.5, 0.6) is 0 Å². The summed E-state index contributed by atoms with van der Waals surface area (Å²) in [5.41, 5.74) is 0.732. The van der Waals surface area contributed by atoms with E-state index in [1.54, 1.807) is 24.3 Å². The summed E-state index contributed by atoms with van der Waals surface area (Å²) in [6, 6.07) is 8.87. The average molecular weight is 405 g/mol. The Bertz CT molecular complexity index is 830. The number of anilines is 1. The molecule has 0 unspecified atom stereocenters. The number of alkyl halides is 3. The van der Waals surface area contributed by atoms with Crippen molar-refractivity contribution < 1.29 is 21.6 Å². The summed E-state index contributed by atoms with van der Waals surface area (Å²) in [5.74, 6) is -0.0483. The third-order valence-corrected chi connectivity index (χ3v) is 6.98. The highest BCUT2D eigenvalue weighted by Crippen LogP contribution is 2.35. The van der Waals surface area contributed by atoms with E-state index in [0.717, 1.165) is 11.8 Å². The number of hydrogen-bond acceptors (Lipinski definition) is 5. The van der Waals surface area contributed by atoms with Crippen molar-refractivity contribution in [1.29, 1.82) is 0 Å². The molecule has 0 radical (unpaired) electrons. The van der Waals surface area contributed by atoms with Crippen molar-refractivity contribution in [2.24, 2.45) is 0 Å². The van der Waals surface area contributed by atoms with E-state index in [9.17, 15) is 21.6 Å². The van der Waals surface area contributed by atoms with Gasteiger partial charge >= 0.3 is 6.18 Å². The van der Waals surface area contributed by atoms with Gasteiger partial charge in [0.25, 0.3) is 0 Å². The number of aromatic nitrogens is 1. The summed E-state index contributed by atoms with van der Waals surface area (Å²) in [7, 11) is -3.40. The number of halogens is 3. The van der Waals surface area contributed by atoms with Gasteiger partial charge in [0.05, 0.1) is 11.9 Å². The molecule has 0 bridgehead atoms. The van der Waals surface area contributed by atoms with Crippen molar-refractivity contribution in [3.05, 3.63) is 47.0 Å². The number of nitrogens with zero attached hydrogens (tertiary/aromatic N) is 2. The van der Waals surface area contributed by atoms with Gasteiger partial charge in [-0.05, 0) is 18.4 Å². The molecule has 142 valence electrons. The Labute approximate surface area is 153 Å². The van der Waals surface area contributed by atoms with Gasteiger partial charge in [0.15, 0.2) is 5.13 Å². The quantitative estimate of drug-likeness (QED) is 0.826. The Morgan fingerprint density at radius 1 is 1.19 bits per heavy atom. The van der Waals surface area contributed by atoms with Gasteiger partial charge in [-0.15, -0.1) is 0 Å². The van der Waals surface area contributed by atoms with Crippen LogP contribution in [0, 0.1) is 0 Å². The van der Waals surface area contributed by atoms with Crippen molar-refractivity contribution in [3.8, 4) is 0 Å². The first kappa shape index (κ1) is 19.1. The van der Waals surface area contributed by atoms with Gasteiger partial charge in [0.1, 0.15) is 4.88 Å². The first-order valence-corrected chi connectivity index (χ1v) is 10.5. The molecule has 0 spiro atoms. The summed E-state index contributed by atoms with van der Waals surface area (Å²) in [6.45, 7) is 0.675. The molecule has 1 aliphatic heterocycles. The Kier molecular flexibility index (Phi) is 5.54. The molecule has 1 saturated heterocycles. The number of hydrogen-bond donors (Lipinski definition) is 1. The van der Waals surface area contributed by atoms with Crippen molar-refractivity contribution in [3.63, 3.8) is 0 Å². The monoisotopic (exact) mass is 405 g/mol. The number of benzene rings is 1. The highest BCUT2D eigenvalue weighted by molar-refractivity contribution is 7.88. The van der Waals surface area contributed by atoms with Gasteiger partial charge in [-0.1, -0.05) is 41.7 Å². The molecule has 1 aliphatic rings. The third kappa shape index (κ3) is 4.74. The van der Waals surface area contributed by atoms with E-state index in [2.05, 4.69) is 10.3 Å². The van der Waals surface area contributed by atoms with Crippen LogP contribution in [0.1, 0.15) is 23.3 Å². The molecule has 3 rings (SSSR count). The second kappa shape index (κ2) is 7.53. The van der Waals surface area contributed by atoms with E-state index >= 15 is 0 Å². The van der Waals surface area contributed by atoms with Gasteiger partial charge in [0, 0.05) is 19.1 Å². The normalized spacial score (nSPS) is 17.3. The van der Waals surface area contributed by atoms with E-state index in [4.69, 9.17) is 0 Å². The topological polar surface area (TPSA) is 62.3 Å². The fraction of sp³-hybridized carbons (Fsp3) is 0.438. The molecule has 0 amide bonds. The van der Waals surface area contributed by atoms with Gasteiger partial charge in [-0.3, -0.25) is 0 Å². The molecule has 1 N–H and O–H groups in total. The molecule has 0 atom stereocenters. The lowest BCUT2D eigenvalue weighted by Gasteiger charge is -2.31. The highest BCUT2D eigenvalue weighted by atomic mass is 32.2. The minimum atomic E-state index is -4.40. The van der Waals surface area contributed by atoms with Crippen LogP contribution < -0.4 is 5.32 Å². The van der Waals surface area contributed by atoms with Gasteiger partial charge < -0.3 is 5.32 Å². The standard InChI is InChI=1S/C16H18F3N3O2S2/c17-16(18,19)14-10-20-15(25-14)21-13-6-8-22(9-7-13)26(23,24)11-12-4-2-1-3-5-12/h1-5,10,13H,6-9,11H2,(H,20,21). The fourth-order valence-electron chi connectivity index (χ4n) is 2.80. The highest BCUT2D eigenvalue weighted by Gasteiger charge is 2.34. The minimum absolute atomic E-state index is 0.0483. The van der Waals surface area contributed by atoms with Crippen molar-refractivity contribution >= 4 is 26.5 Å². The number of piperidine rings is 1. The van der Waals surface area contributed by atoms with Crippen LogP contribution in [-0.2, 0) is 22.0 Å². The number of rotatable bonds is 5. The Hall–Kier alpha value is -1.65. The molecule has 1 fully saturated rings. The van der Waals surface area contributed by atoms with E-state index < -0.39 is 21.1 Å². The van der Waals surface area contributed by atoms with Crippen LogP contribution in [0.4, 0.5) is 18.3 Å². The lowest BCUT2D eigenvalue weighted by molar-refractivity contribution is -0.134. The predicted molar refractivity (Wildman–Crippen MR) is 94.4 cm³/mol. The average Bonchev–Trinajstić information content (AvgIpc) is 3.05. The van der Waals surface area contributed by atoms with Crippen molar-refractivity contribution in [2.45, 2.75) is 30.8 Å². The number of nitrogens with one attached hydrogen (secondary N) is 1.